The van der Waals surface area contributed by atoms with Crippen molar-refractivity contribution in [2.45, 2.75) is 25.4 Å². The number of rotatable bonds is 4. The summed E-state index contributed by atoms with van der Waals surface area (Å²) in [6.45, 7) is 0.782. The highest BCUT2D eigenvalue weighted by Gasteiger charge is 2.21. The second-order valence-corrected chi connectivity index (χ2v) is 5.96. The third-order valence-corrected chi connectivity index (χ3v) is 4.36. The van der Waals surface area contributed by atoms with E-state index < -0.39 is 0 Å². The van der Waals surface area contributed by atoms with Gasteiger partial charge in [-0.1, -0.05) is 41.9 Å². The van der Waals surface area contributed by atoms with E-state index in [1.807, 2.05) is 24.3 Å². The summed E-state index contributed by atoms with van der Waals surface area (Å²) in [5.41, 5.74) is 2.33. The van der Waals surface area contributed by atoms with Crippen LogP contribution in [0.1, 0.15) is 18.6 Å². The van der Waals surface area contributed by atoms with Crippen LogP contribution in [0.25, 0.3) is 21.9 Å². The predicted octanol–water partition coefficient (Wildman–Crippen LogP) is 5.01. The van der Waals surface area contributed by atoms with Gasteiger partial charge in [-0.15, -0.1) is 0 Å². The molecule has 0 aliphatic heterocycles. The molecule has 3 heteroatoms. The largest absolute Gasteiger partial charge is 0.467 e. The average Bonchev–Trinajstić information content (AvgIpc) is 3.23. The second-order valence-electron chi connectivity index (χ2n) is 5.55. The molecule has 0 amide bonds. The normalized spacial score (nSPS) is 14.7. The maximum atomic E-state index is 6.31. The van der Waals surface area contributed by atoms with Crippen LogP contribution in [0.2, 0.25) is 5.02 Å². The van der Waals surface area contributed by atoms with Crippen molar-refractivity contribution in [1.82, 2.24) is 5.32 Å². The molecule has 1 aliphatic rings. The van der Waals surface area contributed by atoms with Gasteiger partial charge in [-0.05, 0) is 35.9 Å². The topological polar surface area (TPSA) is 25.2 Å². The van der Waals surface area contributed by atoms with E-state index in [2.05, 4.69) is 23.5 Å². The fourth-order valence-corrected chi connectivity index (χ4v) is 2.97. The van der Waals surface area contributed by atoms with E-state index in [0.29, 0.717) is 6.04 Å². The first kappa shape index (κ1) is 12.9. The molecule has 0 spiro atoms. The molecule has 1 fully saturated rings. The van der Waals surface area contributed by atoms with Gasteiger partial charge in [0, 0.05) is 22.0 Å². The van der Waals surface area contributed by atoms with E-state index in [9.17, 15) is 0 Å². The predicted molar refractivity (Wildman–Crippen MR) is 86.5 cm³/mol. The monoisotopic (exact) mass is 297 g/mol. The van der Waals surface area contributed by atoms with Crippen LogP contribution in [-0.2, 0) is 6.54 Å². The summed E-state index contributed by atoms with van der Waals surface area (Å²) in [4.78, 5) is 0. The Morgan fingerprint density at radius 2 is 1.81 bits per heavy atom. The second kappa shape index (κ2) is 5.21. The molecule has 21 heavy (non-hydrogen) atoms. The van der Waals surface area contributed by atoms with Crippen LogP contribution in [0.4, 0.5) is 0 Å². The lowest BCUT2D eigenvalue weighted by molar-refractivity contribution is 0.483. The van der Waals surface area contributed by atoms with Crippen molar-refractivity contribution in [1.29, 1.82) is 0 Å². The molecule has 0 unspecified atom stereocenters. The highest BCUT2D eigenvalue weighted by atomic mass is 35.5. The summed E-state index contributed by atoms with van der Waals surface area (Å²) >= 11 is 6.31. The molecule has 0 radical (unpaired) electrons. The first-order chi connectivity index (χ1) is 10.3. The zero-order chi connectivity index (χ0) is 14.2. The van der Waals surface area contributed by atoms with Crippen molar-refractivity contribution in [2.75, 3.05) is 0 Å². The number of nitrogens with one attached hydrogen (secondary N) is 1. The van der Waals surface area contributed by atoms with Crippen LogP contribution in [0, 0.1) is 0 Å². The summed E-state index contributed by atoms with van der Waals surface area (Å²) in [6, 6.07) is 15.0. The van der Waals surface area contributed by atoms with Crippen LogP contribution in [0.5, 0.6) is 0 Å². The van der Waals surface area contributed by atoms with Crippen LogP contribution in [0.3, 0.4) is 0 Å². The van der Waals surface area contributed by atoms with Gasteiger partial charge in [-0.3, -0.25) is 0 Å². The molecule has 4 rings (SSSR count). The lowest BCUT2D eigenvalue weighted by Gasteiger charge is -2.09. The highest BCUT2D eigenvalue weighted by Crippen LogP contribution is 2.35. The van der Waals surface area contributed by atoms with Crippen LogP contribution in [0.15, 0.2) is 53.1 Å². The van der Waals surface area contributed by atoms with Gasteiger partial charge in [-0.25, -0.2) is 0 Å². The molecule has 2 aromatic carbocycles. The van der Waals surface area contributed by atoms with Gasteiger partial charge < -0.3 is 9.73 Å². The van der Waals surface area contributed by atoms with Crippen molar-refractivity contribution in [3.63, 3.8) is 0 Å². The molecule has 1 heterocycles. The van der Waals surface area contributed by atoms with Gasteiger partial charge in [0.15, 0.2) is 0 Å². The van der Waals surface area contributed by atoms with E-state index in [0.717, 1.165) is 28.3 Å². The fourth-order valence-electron chi connectivity index (χ4n) is 2.74. The smallest absolute Gasteiger partial charge is 0.125 e. The van der Waals surface area contributed by atoms with E-state index >= 15 is 0 Å². The quantitative estimate of drug-likeness (QED) is 0.732. The van der Waals surface area contributed by atoms with Gasteiger partial charge >= 0.3 is 0 Å². The van der Waals surface area contributed by atoms with Gasteiger partial charge in [-0.2, -0.15) is 0 Å². The molecule has 1 saturated carbocycles. The molecule has 1 N–H and O–H groups in total. The molecular formula is C18H16ClNO. The number of furan rings is 1. The van der Waals surface area contributed by atoms with Gasteiger partial charge in [0.1, 0.15) is 5.76 Å². The highest BCUT2D eigenvalue weighted by molar-refractivity contribution is 6.36. The Balaban J connectivity index is 1.79. The van der Waals surface area contributed by atoms with Crippen molar-refractivity contribution >= 4 is 22.4 Å². The lowest BCUT2D eigenvalue weighted by atomic mass is 9.98. The van der Waals surface area contributed by atoms with Crippen molar-refractivity contribution in [3.8, 4) is 11.1 Å². The summed E-state index contributed by atoms with van der Waals surface area (Å²) in [7, 11) is 0. The SMILES string of the molecule is Clc1ccc(-c2ccoc2CNC2CC2)c2ccccc12. The maximum Gasteiger partial charge on any atom is 0.125 e. The Hall–Kier alpha value is -1.77. The number of fused-ring (bicyclic) bond motifs is 1. The van der Waals surface area contributed by atoms with Gasteiger partial charge in [0.25, 0.3) is 0 Å². The Bertz CT molecular complexity index is 789. The molecule has 3 aromatic rings. The van der Waals surface area contributed by atoms with E-state index in [1.165, 1.54) is 23.8 Å². The molecule has 1 aliphatic carbocycles. The zero-order valence-electron chi connectivity index (χ0n) is 11.6. The van der Waals surface area contributed by atoms with Crippen molar-refractivity contribution in [3.05, 3.63) is 59.5 Å². The maximum absolute atomic E-state index is 6.31. The third kappa shape index (κ3) is 2.45. The third-order valence-electron chi connectivity index (χ3n) is 4.04. The van der Waals surface area contributed by atoms with Crippen LogP contribution in [-0.4, -0.2) is 6.04 Å². The fraction of sp³-hybridized carbons (Fsp3) is 0.222. The van der Waals surface area contributed by atoms with Gasteiger partial charge in [0.05, 0.1) is 12.8 Å². The number of hydrogen-bond acceptors (Lipinski definition) is 2. The van der Waals surface area contributed by atoms with Crippen LogP contribution >= 0.6 is 11.6 Å². The standard InChI is InChI=1S/C18H16ClNO/c19-17-8-7-14(13-3-1-2-4-15(13)17)16-9-10-21-18(16)11-20-12-5-6-12/h1-4,7-10,12,20H,5-6,11H2. The van der Waals surface area contributed by atoms with Crippen molar-refractivity contribution < 1.29 is 4.42 Å². The Morgan fingerprint density at radius 3 is 2.62 bits per heavy atom. The molecular weight excluding hydrogens is 282 g/mol. The average molecular weight is 298 g/mol. The minimum atomic E-state index is 0.671. The first-order valence-corrected chi connectivity index (χ1v) is 7.68. The molecule has 2 nitrogen and oxygen atoms in total. The van der Waals surface area contributed by atoms with Crippen molar-refractivity contribution in [2.24, 2.45) is 0 Å². The number of halogens is 1. The van der Waals surface area contributed by atoms with E-state index in [1.54, 1.807) is 6.26 Å². The summed E-state index contributed by atoms with van der Waals surface area (Å²) < 4.78 is 5.68. The number of hydrogen-bond donors (Lipinski definition) is 1. The molecule has 0 atom stereocenters. The number of benzene rings is 2. The summed E-state index contributed by atoms with van der Waals surface area (Å²) in [6.07, 6.45) is 4.32. The molecule has 0 saturated heterocycles. The van der Waals surface area contributed by atoms with Crippen LogP contribution < -0.4 is 5.32 Å². The van der Waals surface area contributed by atoms with Gasteiger partial charge in [0.2, 0.25) is 0 Å². The zero-order valence-corrected chi connectivity index (χ0v) is 12.4. The van der Waals surface area contributed by atoms with E-state index in [4.69, 9.17) is 16.0 Å². The lowest BCUT2D eigenvalue weighted by Crippen LogP contribution is -2.15. The first-order valence-electron chi connectivity index (χ1n) is 7.30. The Kier molecular flexibility index (Phi) is 3.21. The summed E-state index contributed by atoms with van der Waals surface area (Å²) in [5, 5.41) is 6.54. The molecule has 0 bridgehead atoms. The van der Waals surface area contributed by atoms with E-state index in [-0.39, 0.29) is 0 Å². The minimum Gasteiger partial charge on any atom is -0.467 e. The minimum absolute atomic E-state index is 0.671. The Labute approximate surface area is 128 Å². The molecule has 106 valence electrons. The summed E-state index contributed by atoms with van der Waals surface area (Å²) in [5.74, 6) is 0.995. The molecule has 1 aromatic heterocycles. The Morgan fingerprint density at radius 1 is 1.00 bits per heavy atom.